The highest BCUT2D eigenvalue weighted by Gasteiger charge is 2.16. The van der Waals surface area contributed by atoms with Gasteiger partial charge in [0.25, 0.3) is 0 Å². The van der Waals surface area contributed by atoms with E-state index in [2.05, 4.69) is 10.6 Å². The maximum absolute atomic E-state index is 11.9. The molecule has 0 radical (unpaired) electrons. The lowest BCUT2D eigenvalue weighted by atomic mass is 10.2. The largest absolute Gasteiger partial charge is 0.478 e. The molecule has 0 heterocycles. The van der Waals surface area contributed by atoms with Gasteiger partial charge in [0, 0.05) is 10.7 Å². The van der Waals surface area contributed by atoms with E-state index in [-0.39, 0.29) is 16.3 Å². The first-order valence-corrected chi connectivity index (χ1v) is 6.58. The third-order valence-corrected chi connectivity index (χ3v) is 3.11. The molecule has 0 unspecified atom stereocenters. The van der Waals surface area contributed by atoms with Crippen LogP contribution in [0.5, 0.6) is 0 Å². The van der Waals surface area contributed by atoms with Crippen molar-refractivity contribution in [3.05, 3.63) is 58.1 Å². The summed E-state index contributed by atoms with van der Waals surface area (Å²) < 4.78 is 0. The summed E-state index contributed by atoms with van der Waals surface area (Å²) in [5, 5.41) is 14.6. The SMILES string of the molecule is O=C(Nc1cccc(Cl)c1)Nc1cccc(Cl)c1C(=O)O. The van der Waals surface area contributed by atoms with Crippen LogP contribution in [0.25, 0.3) is 0 Å². The first-order valence-electron chi connectivity index (χ1n) is 5.83. The van der Waals surface area contributed by atoms with E-state index in [1.54, 1.807) is 30.3 Å². The lowest BCUT2D eigenvalue weighted by molar-refractivity contribution is 0.0698. The third kappa shape index (κ3) is 3.87. The number of carbonyl (C=O) groups excluding carboxylic acids is 1. The Morgan fingerprint density at radius 1 is 1.00 bits per heavy atom. The van der Waals surface area contributed by atoms with Crippen molar-refractivity contribution in [2.75, 3.05) is 10.6 Å². The van der Waals surface area contributed by atoms with Gasteiger partial charge in [-0.15, -0.1) is 0 Å². The van der Waals surface area contributed by atoms with Gasteiger partial charge in [0.2, 0.25) is 0 Å². The average molecular weight is 325 g/mol. The summed E-state index contributed by atoms with van der Waals surface area (Å²) in [6.45, 7) is 0. The van der Waals surface area contributed by atoms with Crippen LogP contribution in [0.15, 0.2) is 42.5 Å². The molecule has 3 N–H and O–H groups in total. The van der Waals surface area contributed by atoms with Crippen molar-refractivity contribution in [2.45, 2.75) is 0 Å². The molecule has 0 saturated carbocycles. The van der Waals surface area contributed by atoms with Gasteiger partial charge >= 0.3 is 12.0 Å². The number of amides is 2. The van der Waals surface area contributed by atoms with Crippen molar-refractivity contribution in [3.8, 4) is 0 Å². The molecule has 2 rings (SSSR count). The van der Waals surface area contributed by atoms with Gasteiger partial charge in [-0.3, -0.25) is 0 Å². The Balaban J connectivity index is 2.17. The fourth-order valence-corrected chi connectivity index (χ4v) is 2.14. The number of carboxylic acid groups (broad SMARTS) is 1. The molecular weight excluding hydrogens is 315 g/mol. The second-order valence-electron chi connectivity index (χ2n) is 4.06. The Hall–Kier alpha value is -2.24. The van der Waals surface area contributed by atoms with Gasteiger partial charge < -0.3 is 15.7 Å². The van der Waals surface area contributed by atoms with Crippen LogP contribution < -0.4 is 10.6 Å². The van der Waals surface area contributed by atoms with E-state index in [4.69, 9.17) is 28.3 Å². The van der Waals surface area contributed by atoms with Crippen LogP contribution >= 0.6 is 23.2 Å². The van der Waals surface area contributed by atoms with E-state index in [0.717, 1.165) is 0 Å². The summed E-state index contributed by atoms with van der Waals surface area (Å²) in [7, 11) is 0. The number of benzene rings is 2. The van der Waals surface area contributed by atoms with Crippen LogP contribution in [-0.4, -0.2) is 17.1 Å². The van der Waals surface area contributed by atoms with Crippen molar-refractivity contribution in [2.24, 2.45) is 0 Å². The molecule has 108 valence electrons. The summed E-state index contributed by atoms with van der Waals surface area (Å²) in [6, 6.07) is 10.4. The predicted octanol–water partition coefficient (Wildman–Crippen LogP) is 4.34. The van der Waals surface area contributed by atoms with Crippen molar-refractivity contribution in [3.63, 3.8) is 0 Å². The highest BCUT2D eigenvalue weighted by atomic mass is 35.5. The number of halogens is 2. The Kier molecular flexibility index (Phi) is 4.67. The van der Waals surface area contributed by atoms with E-state index in [0.29, 0.717) is 10.7 Å². The van der Waals surface area contributed by atoms with E-state index < -0.39 is 12.0 Å². The zero-order valence-electron chi connectivity index (χ0n) is 10.6. The molecule has 0 saturated heterocycles. The molecule has 0 spiro atoms. The number of carbonyl (C=O) groups is 2. The molecule has 0 aromatic heterocycles. The molecule has 0 bridgehead atoms. The fourth-order valence-electron chi connectivity index (χ4n) is 1.70. The predicted molar refractivity (Wildman–Crippen MR) is 82.5 cm³/mol. The van der Waals surface area contributed by atoms with Gasteiger partial charge in [-0.2, -0.15) is 0 Å². The summed E-state index contributed by atoms with van der Waals surface area (Å²) in [5.41, 5.74) is 0.425. The lowest BCUT2D eigenvalue weighted by Gasteiger charge is -2.11. The van der Waals surface area contributed by atoms with Crippen LogP contribution in [0.2, 0.25) is 10.0 Å². The fraction of sp³-hybridized carbons (Fsp3) is 0. The number of nitrogens with one attached hydrogen (secondary N) is 2. The van der Waals surface area contributed by atoms with Gasteiger partial charge in [0.05, 0.1) is 10.7 Å². The summed E-state index contributed by atoms with van der Waals surface area (Å²) >= 11 is 11.6. The van der Waals surface area contributed by atoms with Crippen molar-refractivity contribution in [1.82, 2.24) is 0 Å². The number of rotatable bonds is 3. The first kappa shape index (κ1) is 15.2. The highest BCUT2D eigenvalue weighted by molar-refractivity contribution is 6.34. The van der Waals surface area contributed by atoms with Crippen LogP contribution in [0.3, 0.4) is 0 Å². The number of urea groups is 1. The molecule has 2 aromatic rings. The molecule has 0 atom stereocenters. The van der Waals surface area contributed by atoms with Gasteiger partial charge in [-0.25, -0.2) is 9.59 Å². The second-order valence-corrected chi connectivity index (χ2v) is 4.90. The van der Waals surface area contributed by atoms with Crippen LogP contribution in [0.1, 0.15) is 10.4 Å². The minimum absolute atomic E-state index is 0.0445. The lowest BCUT2D eigenvalue weighted by Crippen LogP contribution is -2.21. The zero-order valence-corrected chi connectivity index (χ0v) is 12.1. The number of anilines is 2. The Bertz CT molecular complexity index is 704. The molecule has 0 aliphatic rings. The number of hydrogen-bond donors (Lipinski definition) is 3. The van der Waals surface area contributed by atoms with Crippen molar-refractivity contribution < 1.29 is 14.7 Å². The Morgan fingerprint density at radius 2 is 1.71 bits per heavy atom. The molecule has 0 aliphatic heterocycles. The molecule has 5 nitrogen and oxygen atoms in total. The monoisotopic (exact) mass is 324 g/mol. The molecule has 2 amide bonds. The number of aromatic carboxylic acids is 1. The minimum Gasteiger partial charge on any atom is -0.478 e. The summed E-state index contributed by atoms with van der Waals surface area (Å²) in [6.07, 6.45) is 0. The molecular formula is C14H10Cl2N2O3. The number of carboxylic acids is 1. The highest BCUT2D eigenvalue weighted by Crippen LogP contribution is 2.24. The first-order chi connectivity index (χ1) is 9.97. The van der Waals surface area contributed by atoms with E-state index in [1.165, 1.54) is 12.1 Å². The van der Waals surface area contributed by atoms with Crippen LogP contribution in [-0.2, 0) is 0 Å². The van der Waals surface area contributed by atoms with Crippen LogP contribution in [0, 0.1) is 0 Å². The topological polar surface area (TPSA) is 78.4 Å². The summed E-state index contributed by atoms with van der Waals surface area (Å²) in [4.78, 5) is 23.0. The van der Waals surface area contributed by atoms with Crippen molar-refractivity contribution >= 4 is 46.6 Å². The van der Waals surface area contributed by atoms with Crippen molar-refractivity contribution in [1.29, 1.82) is 0 Å². The Labute approximate surface area is 130 Å². The smallest absolute Gasteiger partial charge is 0.339 e. The van der Waals surface area contributed by atoms with Gasteiger partial charge in [-0.05, 0) is 30.3 Å². The number of hydrogen-bond acceptors (Lipinski definition) is 2. The van der Waals surface area contributed by atoms with Gasteiger partial charge in [0.1, 0.15) is 5.56 Å². The quantitative estimate of drug-likeness (QED) is 0.785. The van der Waals surface area contributed by atoms with E-state index >= 15 is 0 Å². The minimum atomic E-state index is -1.22. The second kappa shape index (κ2) is 6.47. The van der Waals surface area contributed by atoms with Gasteiger partial charge in [-0.1, -0.05) is 35.3 Å². The molecule has 7 heteroatoms. The van der Waals surface area contributed by atoms with Crippen LogP contribution in [0.4, 0.5) is 16.2 Å². The third-order valence-electron chi connectivity index (χ3n) is 2.56. The van der Waals surface area contributed by atoms with Gasteiger partial charge in [0.15, 0.2) is 0 Å². The Morgan fingerprint density at radius 3 is 2.38 bits per heavy atom. The van der Waals surface area contributed by atoms with E-state index in [1.807, 2.05) is 0 Å². The molecule has 0 fully saturated rings. The standard InChI is InChI=1S/C14H10Cl2N2O3/c15-8-3-1-4-9(7-8)17-14(21)18-11-6-2-5-10(16)12(11)13(19)20/h1-7H,(H,19,20)(H2,17,18,21). The maximum Gasteiger partial charge on any atom is 0.339 e. The average Bonchev–Trinajstić information content (AvgIpc) is 2.37. The van der Waals surface area contributed by atoms with E-state index in [9.17, 15) is 9.59 Å². The maximum atomic E-state index is 11.9. The zero-order chi connectivity index (χ0) is 15.4. The normalized spacial score (nSPS) is 10.0. The molecule has 21 heavy (non-hydrogen) atoms. The molecule has 2 aromatic carbocycles. The molecule has 0 aliphatic carbocycles. The summed E-state index contributed by atoms with van der Waals surface area (Å²) in [5.74, 6) is -1.22.